The smallest absolute Gasteiger partial charge is 0.292 e. The first-order valence-electron chi connectivity index (χ1n) is 6.97. The van der Waals surface area contributed by atoms with Crippen molar-refractivity contribution < 1.29 is 4.79 Å². The van der Waals surface area contributed by atoms with E-state index in [2.05, 4.69) is 46.9 Å². The SMILES string of the molecule is CN1c2cc(Br)[nH]c2CCN1C(=O)c1cc2ncc(Br)cn2n1. The fourth-order valence-electron chi connectivity index (χ4n) is 2.76. The predicted octanol–water partition coefficient (Wildman–Crippen LogP) is 2.63. The van der Waals surface area contributed by atoms with Crippen LogP contribution in [0, 0.1) is 0 Å². The molecule has 118 valence electrons. The van der Waals surface area contributed by atoms with Gasteiger partial charge in [0.2, 0.25) is 0 Å². The van der Waals surface area contributed by atoms with E-state index in [4.69, 9.17) is 0 Å². The van der Waals surface area contributed by atoms with Gasteiger partial charge in [0, 0.05) is 44.2 Å². The lowest BCUT2D eigenvalue weighted by atomic mass is 10.2. The molecule has 0 fully saturated rings. The molecule has 0 atom stereocenters. The minimum Gasteiger partial charge on any atom is -0.351 e. The molecular formula is C14H12Br2N6O. The summed E-state index contributed by atoms with van der Waals surface area (Å²) in [6.45, 7) is 0.598. The molecule has 1 aliphatic heterocycles. The Labute approximate surface area is 148 Å². The van der Waals surface area contributed by atoms with Gasteiger partial charge in [-0.15, -0.1) is 0 Å². The van der Waals surface area contributed by atoms with Crippen molar-refractivity contribution in [3.63, 3.8) is 0 Å². The van der Waals surface area contributed by atoms with Crippen molar-refractivity contribution in [2.75, 3.05) is 18.6 Å². The maximum Gasteiger partial charge on any atom is 0.292 e. The minimum absolute atomic E-state index is 0.142. The number of hydrazine groups is 1. The topological polar surface area (TPSA) is 69.5 Å². The molecule has 4 rings (SSSR count). The zero-order chi connectivity index (χ0) is 16.1. The van der Waals surface area contributed by atoms with Gasteiger partial charge in [0.05, 0.1) is 14.8 Å². The third-order valence-electron chi connectivity index (χ3n) is 3.86. The highest BCUT2D eigenvalue weighted by Gasteiger charge is 2.29. The van der Waals surface area contributed by atoms with E-state index >= 15 is 0 Å². The van der Waals surface area contributed by atoms with Crippen LogP contribution in [0.1, 0.15) is 16.2 Å². The van der Waals surface area contributed by atoms with E-state index in [0.717, 1.165) is 26.9 Å². The minimum atomic E-state index is -0.142. The maximum absolute atomic E-state index is 12.8. The average Bonchev–Trinajstić information content (AvgIpc) is 3.09. The monoisotopic (exact) mass is 438 g/mol. The highest BCUT2D eigenvalue weighted by molar-refractivity contribution is 9.10. The van der Waals surface area contributed by atoms with Crippen LogP contribution in [0.25, 0.3) is 5.65 Å². The van der Waals surface area contributed by atoms with Gasteiger partial charge in [0.25, 0.3) is 5.91 Å². The van der Waals surface area contributed by atoms with E-state index in [9.17, 15) is 4.79 Å². The number of hydrogen-bond donors (Lipinski definition) is 1. The molecule has 0 aromatic carbocycles. The van der Waals surface area contributed by atoms with Crippen LogP contribution in [-0.2, 0) is 6.42 Å². The fourth-order valence-corrected chi connectivity index (χ4v) is 3.51. The summed E-state index contributed by atoms with van der Waals surface area (Å²) < 4.78 is 3.31. The van der Waals surface area contributed by atoms with Crippen LogP contribution in [0.4, 0.5) is 5.69 Å². The Hall–Kier alpha value is -1.87. The first kappa shape index (κ1) is 14.7. The molecule has 7 nitrogen and oxygen atoms in total. The summed E-state index contributed by atoms with van der Waals surface area (Å²) in [6, 6.07) is 3.67. The van der Waals surface area contributed by atoms with Crippen LogP contribution in [0.5, 0.6) is 0 Å². The number of H-pyrrole nitrogens is 1. The Morgan fingerprint density at radius 2 is 2.17 bits per heavy atom. The lowest BCUT2D eigenvalue weighted by Crippen LogP contribution is -2.48. The van der Waals surface area contributed by atoms with Gasteiger partial charge in [-0.05, 0) is 37.9 Å². The van der Waals surface area contributed by atoms with Crippen molar-refractivity contribution >= 4 is 49.1 Å². The van der Waals surface area contributed by atoms with Gasteiger partial charge < -0.3 is 4.98 Å². The van der Waals surface area contributed by atoms with Gasteiger partial charge in [0.1, 0.15) is 0 Å². The largest absolute Gasteiger partial charge is 0.351 e. The average molecular weight is 440 g/mol. The number of nitrogens with one attached hydrogen (secondary N) is 1. The van der Waals surface area contributed by atoms with Gasteiger partial charge in [-0.3, -0.25) is 9.80 Å². The van der Waals surface area contributed by atoms with Crippen molar-refractivity contribution in [3.8, 4) is 0 Å². The number of nitrogens with zero attached hydrogens (tertiary/aromatic N) is 5. The molecule has 9 heteroatoms. The molecule has 4 heterocycles. The van der Waals surface area contributed by atoms with Crippen LogP contribution >= 0.6 is 31.9 Å². The molecule has 3 aromatic rings. The number of aromatic nitrogens is 4. The standard InChI is InChI=1S/C14H12Br2N6O/c1-20-11-5-12(16)18-9(11)2-3-22(20)14(23)10-4-13-17-6-8(15)7-21(13)19-10/h4-7,18H,2-3H2,1H3. The van der Waals surface area contributed by atoms with E-state index in [0.29, 0.717) is 17.9 Å². The second-order valence-corrected chi connectivity index (χ2v) is 7.06. The molecule has 3 aromatic heterocycles. The Kier molecular flexibility index (Phi) is 3.42. The van der Waals surface area contributed by atoms with Crippen molar-refractivity contribution in [1.29, 1.82) is 0 Å². The molecule has 0 spiro atoms. The summed E-state index contributed by atoms with van der Waals surface area (Å²) in [7, 11) is 1.88. The molecule has 1 aliphatic rings. The van der Waals surface area contributed by atoms with Crippen molar-refractivity contribution in [2.45, 2.75) is 6.42 Å². The van der Waals surface area contributed by atoms with Crippen LogP contribution in [-0.4, -0.2) is 44.1 Å². The summed E-state index contributed by atoms with van der Waals surface area (Å²) in [4.78, 5) is 20.3. The second-order valence-electron chi connectivity index (χ2n) is 5.29. The van der Waals surface area contributed by atoms with Crippen LogP contribution in [0.2, 0.25) is 0 Å². The normalized spacial score (nSPS) is 14.4. The third-order valence-corrected chi connectivity index (χ3v) is 4.70. The van der Waals surface area contributed by atoms with Crippen LogP contribution in [0.15, 0.2) is 33.6 Å². The van der Waals surface area contributed by atoms with Crippen molar-refractivity contribution in [3.05, 3.63) is 45.0 Å². The molecule has 0 bridgehead atoms. The summed E-state index contributed by atoms with van der Waals surface area (Å²) in [5.41, 5.74) is 3.12. The summed E-state index contributed by atoms with van der Waals surface area (Å²) in [6.07, 6.45) is 4.23. The number of carbonyl (C=O) groups is 1. The second kappa shape index (κ2) is 5.34. The highest BCUT2D eigenvalue weighted by atomic mass is 79.9. The summed E-state index contributed by atoms with van der Waals surface area (Å²) >= 11 is 6.79. The molecule has 0 saturated heterocycles. The molecular weight excluding hydrogens is 428 g/mol. The van der Waals surface area contributed by atoms with Crippen LogP contribution < -0.4 is 5.01 Å². The first-order chi connectivity index (χ1) is 11.0. The first-order valence-corrected chi connectivity index (χ1v) is 8.55. The van der Waals surface area contributed by atoms with Gasteiger partial charge in [0.15, 0.2) is 11.3 Å². The number of halogens is 2. The predicted molar refractivity (Wildman–Crippen MR) is 92.3 cm³/mol. The highest BCUT2D eigenvalue weighted by Crippen LogP contribution is 2.30. The van der Waals surface area contributed by atoms with E-state index in [1.54, 1.807) is 28.0 Å². The van der Waals surface area contributed by atoms with E-state index in [1.807, 2.05) is 18.1 Å². The Morgan fingerprint density at radius 3 is 3.00 bits per heavy atom. The summed E-state index contributed by atoms with van der Waals surface area (Å²) in [5, 5.41) is 7.88. The number of carbonyl (C=O) groups excluding carboxylic acids is 1. The zero-order valence-electron chi connectivity index (χ0n) is 12.1. The number of amides is 1. The molecule has 0 unspecified atom stereocenters. The number of rotatable bonds is 1. The van der Waals surface area contributed by atoms with Gasteiger partial charge in [-0.1, -0.05) is 0 Å². The molecule has 23 heavy (non-hydrogen) atoms. The number of aromatic amines is 1. The Morgan fingerprint density at radius 1 is 1.35 bits per heavy atom. The van der Waals surface area contributed by atoms with E-state index in [1.165, 1.54) is 0 Å². The van der Waals surface area contributed by atoms with E-state index < -0.39 is 0 Å². The molecule has 0 radical (unpaired) electrons. The van der Waals surface area contributed by atoms with E-state index in [-0.39, 0.29) is 5.91 Å². The number of anilines is 1. The van der Waals surface area contributed by atoms with Gasteiger partial charge in [-0.2, -0.15) is 5.10 Å². The van der Waals surface area contributed by atoms with Crippen molar-refractivity contribution in [2.24, 2.45) is 0 Å². The van der Waals surface area contributed by atoms with Crippen molar-refractivity contribution in [1.82, 2.24) is 24.6 Å². The third kappa shape index (κ3) is 2.43. The summed E-state index contributed by atoms with van der Waals surface area (Å²) in [5.74, 6) is -0.142. The van der Waals surface area contributed by atoms with Gasteiger partial charge >= 0.3 is 0 Å². The quantitative estimate of drug-likeness (QED) is 0.632. The molecule has 1 amide bonds. The Balaban J connectivity index is 1.68. The van der Waals surface area contributed by atoms with Crippen LogP contribution in [0.3, 0.4) is 0 Å². The number of fused-ring (bicyclic) bond motifs is 2. The lowest BCUT2D eigenvalue weighted by Gasteiger charge is -2.36. The van der Waals surface area contributed by atoms with Gasteiger partial charge in [-0.25, -0.2) is 14.5 Å². The molecule has 1 N–H and O–H groups in total. The number of hydrogen-bond acceptors (Lipinski definition) is 4. The lowest BCUT2D eigenvalue weighted by molar-refractivity contribution is 0.0732. The fraction of sp³-hybridized carbons (Fsp3) is 0.214. The maximum atomic E-state index is 12.8. The molecule has 0 aliphatic carbocycles. The zero-order valence-corrected chi connectivity index (χ0v) is 15.3. The Bertz CT molecular complexity index is 917. The molecule has 0 saturated carbocycles.